The molecule has 0 spiro atoms. The lowest BCUT2D eigenvalue weighted by molar-refractivity contribution is 0.0955. The van der Waals surface area contributed by atoms with Gasteiger partial charge in [-0.3, -0.25) is 0 Å². The molecule has 0 aliphatic heterocycles. The van der Waals surface area contributed by atoms with Crippen LogP contribution in [0, 0.1) is 5.41 Å². The Bertz CT molecular complexity index is 167. The molecule has 0 atom stereocenters. The van der Waals surface area contributed by atoms with Crippen molar-refractivity contribution in [2.24, 2.45) is 5.41 Å². The molecule has 12 heavy (non-hydrogen) atoms. The molecule has 0 bridgehead atoms. The van der Waals surface area contributed by atoms with Gasteiger partial charge in [-0.15, -0.1) is 0 Å². The van der Waals surface area contributed by atoms with Crippen molar-refractivity contribution in [3.05, 3.63) is 11.8 Å². The molecule has 2 nitrogen and oxygen atoms in total. The third-order valence-electron chi connectivity index (χ3n) is 2.87. The summed E-state index contributed by atoms with van der Waals surface area (Å²) in [5.74, 6) is 0.961. The fraction of sp³-hybridized carbons (Fsp3) is 0.800. The van der Waals surface area contributed by atoms with Crippen molar-refractivity contribution in [2.45, 2.75) is 32.6 Å². The second-order valence-corrected chi connectivity index (χ2v) is 3.50. The Morgan fingerprint density at radius 3 is 2.42 bits per heavy atom. The molecule has 0 radical (unpaired) electrons. The quantitative estimate of drug-likeness (QED) is 0.657. The van der Waals surface area contributed by atoms with Gasteiger partial charge in [0.15, 0.2) is 0 Å². The first-order valence-corrected chi connectivity index (χ1v) is 4.61. The zero-order chi connectivity index (χ0) is 9.03. The van der Waals surface area contributed by atoms with Gasteiger partial charge in [-0.05, 0) is 25.8 Å². The van der Waals surface area contributed by atoms with E-state index in [1.165, 1.54) is 12.8 Å². The summed E-state index contributed by atoms with van der Waals surface area (Å²) < 4.78 is 5.28. The summed E-state index contributed by atoms with van der Waals surface area (Å²) in [6.45, 7) is 2.19. The third-order valence-corrected chi connectivity index (χ3v) is 2.87. The number of hydrogen-bond donors (Lipinski definition) is 1. The predicted molar refractivity (Wildman–Crippen MR) is 48.8 cm³/mol. The van der Waals surface area contributed by atoms with E-state index in [0.29, 0.717) is 0 Å². The molecule has 0 heterocycles. The van der Waals surface area contributed by atoms with Gasteiger partial charge in [-0.1, -0.05) is 12.8 Å². The average Bonchev–Trinajstić information content (AvgIpc) is 2.56. The number of allylic oxidation sites excluding steroid dienone is 1. The molecule has 1 aliphatic carbocycles. The van der Waals surface area contributed by atoms with Gasteiger partial charge in [0.25, 0.3) is 0 Å². The monoisotopic (exact) mass is 170 g/mol. The molecule has 2 heteroatoms. The van der Waals surface area contributed by atoms with Crippen LogP contribution in [0.3, 0.4) is 0 Å². The highest BCUT2D eigenvalue weighted by molar-refractivity contribution is 5.09. The Morgan fingerprint density at radius 2 is 2.08 bits per heavy atom. The van der Waals surface area contributed by atoms with Crippen LogP contribution in [0.25, 0.3) is 0 Å². The summed E-state index contributed by atoms with van der Waals surface area (Å²) in [4.78, 5) is 0. The fourth-order valence-electron chi connectivity index (χ4n) is 2.17. The number of aliphatic hydroxyl groups excluding tert-OH is 1. The lowest BCUT2D eigenvalue weighted by Crippen LogP contribution is -2.25. The summed E-state index contributed by atoms with van der Waals surface area (Å²) in [6, 6.07) is 0. The van der Waals surface area contributed by atoms with Gasteiger partial charge < -0.3 is 9.84 Å². The third kappa shape index (κ3) is 1.48. The number of hydrogen-bond acceptors (Lipinski definition) is 2. The Morgan fingerprint density at radius 1 is 1.50 bits per heavy atom. The number of methoxy groups -OCH3 is 1. The largest absolute Gasteiger partial charge is 0.501 e. The van der Waals surface area contributed by atoms with E-state index in [1.807, 2.05) is 13.0 Å². The fourth-order valence-corrected chi connectivity index (χ4v) is 2.17. The molecule has 1 fully saturated rings. The van der Waals surface area contributed by atoms with Gasteiger partial charge in [0.05, 0.1) is 24.9 Å². The van der Waals surface area contributed by atoms with E-state index in [-0.39, 0.29) is 12.0 Å². The van der Waals surface area contributed by atoms with Crippen LogP contribution in [0.5, 0.6) is 0 Å². The topological polar surface area (TPSA) is 29.5 Å². The summed E-state index contributed by atoms with van der Waals surface area (Å²) in [5, 5.41) is 9.33. The van der Waals surface area contributed by atoms with Crippen LogP contribution in [0.4, 0.5) is 0 Å². The Balaban J connectivity index is 2.77. The number of ether oxygens (including phenoxy) is 1. The molecule has 0 aromatic carbocycles. The normalized spacial score (nSPS) is 22.8. The maximum absolute atomic E-state index is 9.33. The van der Waals surface area contributed by atoms with Gasteiger partial charge in [-0.2, -0.15) is 0 Å². The SMILES string of the molecule is CC=C(OC)C1(CO)CCCC1. The van der Waals surface area contributed by atoms with Crippen LogP contribution in [0.2, 0.25) is 0 Å². The standard InChI is InChI=1S/C10H18O2/c1-3-9(12-2)10(8-11)6-4-5-7-10/h3,11H,4-8H2,1-2H3. The van der Waals surface area contributed by atoms with Gasteiger partial charge in [0, 0.05) is 0 Å². The van der Waals surface area contributed by atoms with E-state index < -0.39 is 0 Å². The minimum atomic E-state index is -0.0521. The van der Waals surface area contributed by atoms with E-state index >= 15 is 0 Å². The predicted octanol–water partition coefficient (Wildman–Crippen LogP) is 2.09. The van der Waals surface area contributed by atoms with Crippen LogP contribution in [-0.4, -0.2) is 18.8 Å². The summed E-state index contributed by atoms with van der Waals surface area (Å²) >= 11 is 0. The summed E-state index contributed by atoms with van der Waals surface area (Å²) in [5.41, 5.74) is -0.0521. The van der Waals surface area contributed by atoms with Crippen molar-refractivity contribution < 1.29 is 9.84 Å². The number of rotatable bonds is 3. The van der Waals surface area contributed by atoms with Crippen molar-refractivity contribution in [2.75, 3.05) is 13.7 Å². The Hall–Kier alpha value is -0.500. The van der Waals surface area contributed by atoms with Crippen molar-refractivity contribution in [3.63, 3.8) is 0 Å². The minimum Gasteiger partial charge on any atom is -0.501 e. The molecule has 1 aliphatic rings. The molecular weight excluding hydrogens is 152 g/mol. The molecule has 0 aromatic rings. The van der Waals surface area contributed by atoms with Crippen molar-refractivity contribution in [3.8, 4) is 0 Å². The highest BCUT2D eigenvalue weighted by Crippen LogP contribution is 2.43. The molecule has 0 aromatic heterocycles. The lowest BCUT2D eigenvalue weighted by Gasteiger charge is -2.28. The van der Waals surface area contributed by atoms with E-state index in [9.17, 15) is 5.11 Å². The van der Waals surface area contributed by atoms with Gasteiger partial charge in [0.2, 0.25) is 0 Å². The number of aliphatic hydroxyl groups is 1. The smallest absolute Gasteiger partial charge is 0.0997 e. The second kappa shape index (κ2) is 3.94. The maximum atomic E-state index is 9.33. The van der Waals surface area contributed by atoms with Crippen LogP contribution >= 0.6 is 0 Å². The van der Waals surface area contributed by atoms with Crippen molar-refractivity contribution in [1.82, 2.24) is 0 Å². The highest BCUT2D eigenvalue weighted by Gasteiger charge is 2.37. The second-order valence-electron chi connectivity index (χ2n) is 3.50. The van der Waals surface area contributed by atoms with E-state index in [4.69, 9.17) is 4.74 Å². The van der Waals surface area contributed by atoms with Crippen LogP contribution in [0.15, 0.2) is 11.8 Å². The van der Waals surface area contributed by atoms with Crippen LogP contribution < -0.4 is 0 Å². The van der Waals surface area contributed by atoms with Crippen molar-refractivity contribution in [1.29, 1.82) is 0 Å². The Kier molecular flexibility index (Phi) is 3.15. The molecule has 0 unspecified atom stereocenters. The summed E-state index contributed by atoms with van der Waals surface area (Å²) in [6.07, 6.45) is 6.53. The first kappa shape index (κ1) is 9.59. The maximum Gasteiger partial charge on any atom is 0.0997 e. The molecule has 0 amide bonds. The molecule has 1 saturated carbocycles. The summed E-state index contributed by atoms with van der Waals surface area (Å²) in [7, 11) is 1.69. The van der Waals surface area contributed by atoms with Gasteiger partial charge in [0.1, 0.15) is 0 Å². The minimum absolute atomic E-state index is 0.0521. The highest BCUT2D eigenvalue weighted by atomic mass is 16.5. The molecular formula is C10H18O2. The van der Waals surface area contributed by atoms with Gasteiger partial charge >= 0.3 is 0 Å². The lowest BCUT2D eigenvalue weighted by atomic mass is 9.84. The van der Waals surface area contributed by atoms with E-state index in [1.54, 1.807) is 7.11 Å². The zero-order valence-corrected chi connectivity index (χ0v) is 7.97. The van der Waals surface area contributed by atoms with Crippen LogP contribution in [-0.2, 0) is 4.74 Å². The first-order valence-electron chi connectivity index (χ1n) is 4.61. The van der Waals surface area contributed by atoms with Gasteiger partial charge in [-0.25, -0.2) is 0 Å². The van der Waals surface area contributed by atoms with E-state index in [2.05, 4.69) is 0 Å². The zero-order valence-electron chi connectivity index (χ0n) is 7.97. The van der Waals surface area contributed by atoms with Crippen molar-refractivity contribution >= 4 is 0 Å². The molecule has 1 N–H and O–H groups in total. The first-order chi connectivity index (χ1) is 5.79. The van der Waals surface area contributed by atoms with Crippen LogP contribution in [0.1, 0.15) is 32.6 Å². The Labute approximate surface area is 74.2 Å². The molecule has 0 saturated heterocycles. The molecule has 1 rings (SSSR count). The average molecular weight is 170 g/mol. The van der Waals surface area contributed by atoms with E-state index in [0.717, 1.165) is 18.6 Å². The molecule has 70 valence electrons.